The summed E-state index contributed by atoms with van der Waals surface area (Å²) >= 11 is 0. The summed E-state index contributed by atoms with van der Waals surface area (Å²) in [5.74, 6) is 0.634. The number of nitrogens with zero attached hydrogens (tertiary/aromatic N) is 2. The van der Waals surface area contributed by atoms with Gasteiger partial charge in [-0.25, -0.2) is 23.1 Å². The fourth-order valence-corrected chi connectivity index (χ4v) is 3.83. The second-order valence-electron chi connectivity index (χ2n) is 6.77. The molecular formula is C22H24N4O4S. The Morgan fingerprint density at radius 3 is 2.39 bits per heavy atom. The third-order valence-corrected chi connectivity index (χ3v) is 5.90. The van der Waals surface area contributed by atoms with Gasteiger partial charge in [0.1, 0.15) is 12.1 Å². The minimum Gasteiger partial charge on any atom is -0.497 e. The zero-order valence-corrected chi connectivity index (χ0v) is 18.1. The number of benzene rings is 2. The van der Waals surface area contributed by atoms with Crippen molar-refractivity contribution in [2.75, 3.05) is 12.4 Å². The molecule has 9 heteroatoms. The molecule has 3 aromatic rings. The fourth-order valence-electron chi connectivity index (χ4n) is 2.83. The van der Waals surface area contributed by atoms with Gasteiger partial charge in [0.25, 0.3) is 0 Å². The molecule has 0 atom stereocenters. The minimum atomic E-state index is -3.74. The van der Waals surface area contributed by atoms with Crippen LogP contribution >= 0.6 is 0 Å². The molecule has 1 amide bonds. The molecule has 162 valence electrons. The molecule has 0 aliphatic carbocycles. The molecule has 0 aliphatic rings. The van der Waals surface area contributed by atoms with Gasteiger partial charge in [0.15, 0.2) is 0 Å². The van der Waals surface area contributed by atoms with Gasteiger partial charge >= 0.3 is 0 Å². The zero-order valence-electron chi connectivity index (χ0n) is 17.3. The molecule has 8 nitrogen and oxygen atoms in total. The monoisotopic (exact) mass is 440 g/mol. The van der Waals surface area contributed by atoms with Crippen LogP contribution in [0, 0.1) is 0 Å². The molecular weight excluding hydrogens is 416 g/mol. The fraction of sp³-hybridized carbons (Fsp3) is 0.227. The number of aromatic nitrogens is 2. The third kappa shape index (κ3) is 6.09. The quantitative estimate of drug-likeness (QED) is 0.528. The van der Waals surface area contributed by atoms with Crippen LogP contribution in [-0.4, -0.2) is 31.4 Å². The van der Waals surface area contributed by atoms with Crippen molar-refractivity contribution in [2.45, 2.75) is 31.2 Å². The molecule has 2 N–H and O–H groups in total. The van der Waals surface area contributed by atoms with Gasteiger partial charge < -0.3 is 10.1 Å². The summed E-state index contributed by atoms with van der Waals surface area (Å²) in [5, 5.41) is 2.73. The van der Waals surface area contributed by atoms with Crippen LogP contribution in [0.15, 0.2) is 65.8 Å². The number of carbonyl (C=O) groups is 1. The molecule has 0 aliphatic heterocycles. The first-order valence-electron chi connectivity index (χ1n) is 9.76. The summed E-state index contributed by atoms with van der Waals surface area (Å²) in [4.78, 5) is 20.2. The summed E-state index contributed by atoms with van der Waals surface area (Å²) in [7, 11) is -2.14. The Morgan fingerprint density at radius 2 is 1.74 bits per heavy atom. The Kier molecular flexibility index (Phi) is 7.32. The largest absolute Gasteiger partial charge is 0.497 e. The van der Waals surface area contributed by atoms with Crippen molar-refractivity contribution >= 4 is 21.6 Å². The van der Waals surface area contributed by atoms with Crippen LogP contribution in [0.25, 0.3) is 11.3 Å². The van der Waals surface area contributed by atoms with Crippen LogP contribution in [0.5, 0.6) is 5.75 Å². The standard InChI is InChI=1S/C22H24N4O4S/c1-3-4-22(27)26-17-7-11-20(12-8-17)31(28,29)25-14-18-13-21(24-15-23-18)16-5-9-19(30-2)10-6-16/h5-13,15,25H,3-4,14H2,1-2H3,(H,26,27). The molecule has 1 heterocycles. The van der Waals surface area contributed by atoms with E-state index in [1.54, 1.807) is 25.3 Å². The summed E-state index contributed by atoms with van der Waals surface area (Å²) in [6.07, 6.45) is 2.56. The van der Waals surface area contributed by atoms with Gasteiger partial charge in [-0.3, -0.25) is 4.79 Å². The molecule has 0 saturated carbocycles. The van der Waals surface area contributed by atoms with Gasteiger partial charge in [0.2, 0.25) is 15.9 Å². The highest BCUT2D eigenvalue weighted by Gasteiger charge is 2.15. The maximum Gasteiger partial charge on any atom is 0.240 e. The van der Waals surface area contributed by atoms with Gasteiger partial charge in [-0.1, -0.05) is 6.92 Å². The van der Waals surface area contributed by atoms with Crippen molar-refractivity contribution in [3.05, 3.63) is 66.6 Å². The van der Waals surface area contributed by atoms with E-state index in [0.29, 0.717) is 23.5 Å². The lowest BCUT2D eigenvalue weighted by atomic mass is 10.1. The number of amides is 1. The topological polar surface area (TPSA) is 110 Å². The molecule has 0 spiro atoms. The number of nitrogens with one attached hydrogen (secondary N) is 2. The second-order valence-corrected chi connectivity index (χ2v) is 8.54. The summed E-state index contributed by atoms with van der Waals surface area (Å²) in [6.45, 7) is 1.93. The van der Waals surface area contributed by atoms with E-state index in [-0.39, 0.29) is 17.3 Å². The number of anilines is 1. The highest BCUT2D eigenvalue weighted by Crippen LogP contribution is 2.21. The summed E-state index contributed by atoms with van der Waals surface area (Å²) < 4.78 is 32.9. The summed E-state index contributed by atoms with van der Waals surface area (Å²) in [5.41, 5.74) is 2.64. The van der Waals surface area contributed by atoms with Crippen molar-refractivity contribution in [3.8, 4) is 17.0 Å². The molecule has 2 aromatic carbocycles. The first-order chi connectivity index (χ1) is 14.9. The number of hydrogen-bond donors (Lipinski definition) is 2. The first-order valence-corrected chi connectivity index (χ1v) is 11.2. The molecule has 0 fully saturated rings. The molecule has 0 bridgehead atoms. The Morgan fingerprint density at radius 1 is 1.03 bits per heavy atom. The highest BCUT2D eigenvalue weighted by atomic mass is 32.2. The Hall–Kier alpha value is -3.30. The van der Waals surface area contributed by atoms with Crippen LogP contribution in [0.1, 0.15) is 25.5 Å². The van der Waals surface area contributed by atoms with Crippen molar-refractivity contribution in [1.29, 1.82) is 0 Å². The van der Waals surface area contributed by atoms with Crippen LogP contribution in [0.3, 0.4) is 0 Å². The van der Waals surface area contributed by atoms with Crippen molar-refractivity contribution in [2.24, 2.45) is 0 Å². The molecule has 31 heavy (non-hydrogen) atoms. The van der Waals surface area contributed by atoms with E-state index >= 15 is 0 Å². The van der Waals surface area contributed by atoms with Gasteiger partial charge in [-0.15, -0.1) is 0 Å². The lowest BCUT2D eigenvalue weighted by molar-refractivity contribution is -0.116. The van der Waals surface area contributed by atoms with Gasteiger partial charge in [-0.05, 0) is 61.0 Å². The maximum absolute atomic E-state index is 12.6. The van der Waals surface area contributed by atoms with E-state index in [1.807, 2.05) is 31.2 Å². The van der Waals surface area contributed by atoms with Gasteiger partial charge in [-0.2, -0.15) is 0 Å². The Bertz CT molecular complexity index is 1130. The number of hydrogen-bond acceptors (Lipinski definition) is 6. The second kappa shape index (κ2) is 10.1. The van der Waals surface area contributed by atoms with E-state index in [4.69, 9.17) is 4.74 Å². The summed E-state index contributed by atoms with van der Waals surface area (Å²) in [6, 6.07) is 15.2. The van der Waals surface area contributed by atoms with Crippen LogP contribution in [0.2, 0.25) is 0 Å². The van der Waals surface area contributed by atoms with E-state index in [0.717, 1.165) is 17.7 Å². The number of carbonyl (C=O) groups excluding carboxylic acids is 1. The maximum atomic E-state index is 12.6. The van der Waals surface area contributed by atoms with E-state index in [1.165, 1.54) is 18.5 Å². The lowest BCUT2D eigenvalue weighted by Gasteiger charge is -2.09. The average molecular weight is 441 g/mol. The third-order valence-electron chi connectivity index (χ3n) is 4.48. The van der Waals surface area contributed by atoms with Crippen LogP contribution < -0.4 is 14.8 Å². The molecule has 0 unspecified atom stereocenters. The van der Waals surface area contributed by atoms with Crippen LogP contribution in [0.4, 0.5) is 5.69 Å². The van der Waals surface area contributed by atoms with Crippen molar-refractivity contribution in [1.82, 2.24) is 14.7 Å². The zero-order chi connectivity index (χ0) is 22.3. The average Bonchev–Trinajstić information content (AvgIpc) is 2.78. The van der Waals surface area contributed by atoms with Crippen LogP contribution in [-0.2, 0) is 21.4 Å². The Labute approximate surface area is 181 Å². The number of methoxy groups -OCH3 is 1. The number of sulfonamides is 1. The van der Waals surface area contributed by atoms with E-state index < -0.39 is 10.0 Å². The molecule has 0 saturated heterocycles. The lowest BCUT2D eigenvalue weighted by Crippen LogP contribution is -2.23. The Balaban J connectivity index is 1.66. The van der Waals surface area contributed by atoms with Crippen molar-refractivity contribution in [3.63, 3.8) is 0 Å². The predicted molar refractivity (Wildman–Crippen MR) is 118 cm³/mol. The van der Waals surface area contributed by atoms with E-state index in [9.17, 15) is 13.2 Å². The minimum absolute atomic E-state index is 0.0169. The SMILES string of the molecule is CCCC(=O)Nc1ccc(S(=O)(=O)NCc2cc(-c3ccc(OC)cc3)ncn2)cc1. The van der Waals surface area contributed by atoms with Crippen molar-refractivity contribution < 1.29 is 17.9 Å². The van der Waals surface area contributed by atoms with Gasteiger partial charge in [0.05, 0.1) is 29.9 Å². The smallest absolute Gasteiger partial charge is 0.240 e. The molecule has 0 radical (unpaired) electrons. The first kappa shape index (κ1) is 22.4. The normalized spacial score (nSPS) is 11.2. The van der Waals surface area contributed by atoms with Gasteiger partial charge in [0, 0.05) is 17.7 Å². The van der Waals surface area contributed by atoms with E-state index in [2.05, 4.69) is 20.0 Å². The molecule has 1 aromatic heterocycles. The highest BCUT2D eigenvalue weighted by molar-refractivity contribution is 7.89. The number of rotatable bonds is 9. The predicted octanol–water partition coefficient (Wildman–Crippen LogP) is 3.37. The molecule has 3 rings (SSSR count). The number of ether oxygens (including phenoxy) is 1.